The second kappa shape index (κ2) is 3.76. The summed E-state index contributed by atoms with van der Waals surface area (Å²) in [5.74, 6) is 0.695. The maximum Gasteiger partial charge on any atom is 0.146 e. The van der Waals surface area contributed by atoms with Crippen molar-refractivity contribution in [1.29, 1.82) is 5.26 Å². The molecule has 1 N–H and O–H groups in total. The van der Waals surface area contributed by atoms with Gasteiger partial charge >= 0.3 is 0 Å². The lowest BCUT2D eigenvalue weighted by molar-refractivity contribution is 0.0839. The highest BCUT2D eigenvalue weighted by molar-refractivity contribution is 5.55. The van der Waals surface area contributed by atoms with Gasteiger partial charge in [-0.1, -0.05) is 0 Å². The van der Waals surface area contributed by atoms with Crippen molar-refractivity contribution in [2.24, 2.45) is 0 Å². The van der Waals surface area contributed by atoms with E-state index >= 15 is 0 Å². The Bertz CT molecular complexity index is 448. The van der Waals surface area contributed by atoms with Gasteiger partial charge in [0.2, 0.25) is 0 Å². The summed E-state index contributed by atoms with van der Waals surface area (Å²) in [6.45, 7) is 5.00. The lowest BCUT2D eigenvalue weighted by atomic mass is 10.1. The van der Waals surface area contributed by atoms with E-state index in [0.717, 1.165) is 12.2 Å². The lowest BCUT2D eigenvalue weighted by Crippen LogP contribution is -2.30. The van der Waals surface area contributed by atoms with E-state index in [1.807, 2.05) is 24.8 Å². The van der Waals surface area contributed by atoms with Crippen molar-refractivity contribution in [3.05, 3.63) is 23.4 Å². The van der Waals surface area contributed by atoms with Crippen LogP contribution in [0.3, 0.4) is 0 Å². The highest BCUT2D eigenvalue weighted by Crippen LogP contribution is 2.27. The average molecular weight is 217 g/mol. The zero-order chi connectivity index (χ0) is 11.8. The molecule has 1 aliphatic rings. The first-order valence-electron chi connectivity index (χ1n) is 5.37. The first-order valence-corrected chi connectivity index (χ1v) is 5.37. The predicted molar refractivity (Wildman–Crippen MR) is 61.1 cm³/mol. The fourth-order valence-electron chi connectivity index (χ4n) is 2.00. The van der Waals surface area contributed by atoms with Crippen molar-refractivity contribution in [3.8, 4) is 6.07 Å². The van der Waals surface area contributed by atoms with Crippen molar-refractivity contribution in [2.75, 3.05) is 18.0 Å². The molecule has 16 heavy (non-hydrogen) atoms. The van der Waals surface area contributed by atoms with Crippen LogP contribution >= 0.6 is 0 Å². The molecule has 0 aliphatic carbocycles. The molecule has 1 aromatic heterocycles. The summed E-state index contributed by atoms with van der Waals surface area (Å²) in [5.41, 5.74) is 0.793. The number of anilines is 1. The van der Waals surface area contributed by atoms with Crippen LogP contribution in [0.1, 0.15) is 24.6 Å². The minimum atomic E-state index is -0.669. The molecular weight excluding hydrogens is 202 g/mol. The molecule has 0 aromatic carbocycles. The number of hydrogen-bond acceptors (Lipinski definition) is 4. The molecule has 1 saturated heterocycles. The van der Waals surface area contributed by atoms with Crippen molar-refractivity contribution < 1.29 is 5.11 Å². The Labute approximate surface area is 95.1 Å². The fourth-order valence-corrected chi connectivity index (χ4v) is 2.00. The molecule has 0 amide bonds. The van der Waals surface area contributed by atoms with Crippen molar-refractivity contribution >= 4 is 5.82 Å². The van der Waals surface area contributed by atoms with E-state index in [1.54, 1.807) is 6.07 Å². The third kappa shape index (κ3) is 2.00. The summed E-state index contributed by atoms with van der Waals surface area (Å²) >= 11 is 0. The minimum absolute atomic E-state index is 0.540. The van der Waals surface area contributed by atoms with Gasteiger partial charge < -0.3 is 10.0 Å². The summed E-state index contributed by atoms with van der Waals surface area (Å²) < 4.78 is 0. The van der Waals surface area contributed by atoms with Gasteiger partial charge in [-0.2, -0.15) is 5.26 Å². The second-order valence-electron chi connectivity index (χ2n) is 4.60. The van der Waals surface area contributed by atoms with Gasteiger partial charge in [-0.05, 0) is 32.4 Å². The van der Waals surface area contributed by atoms with Gasteiger partial charge in [0.05, 0.1) is 11.2 Å². The normalized spacial score (nSPS) is 24.5. The summed E-state index contributed by atoms with van der Waals surface area (Å²) in [4.78, 5) is 6.36. The van der Waals surface area contributed by atoms with Crippen LogP contribution in [0, 0.1) is 18.3 Å². The summed E-state index contributed by atoms with van der Waals surface area (Å²) in [5, 5.41) is 18.9. The van der Waals surface area contributed by atoms with Crippen molar-refractivity contribution in [3.63, 3.8) is 0 Å². The quantitative estimate of drug-likeness (QED) is 0.768. The van der Waals surface area contributed by atoms with Crippen LogP contribution in [-0.4, -0.2) is 28.8 Å². The zero-order valence-electron chi connectivity index (χ0n) is 9.56. The topological polar surface area (TPSA) is 60.2 Å². The first-order chi connectivity index (χ1) is 7.52. The fraction of sp³-hybridized carbons (Fsp3) is 0.500. The zero-order valence-corrected chi connectivity index (χ0v) is 9.56. The summed E-state index contributed by atoms with van der Waals surface area (Å²) in [6, 6.07) is 5.75. The van der Waals surface area contributed by atoms with E-state index in [1.165, 1.54) is 0 Å². The Morgan fingerprint density at radius 2 is 2.31 bits per heavy atom. The average Bonchev–Trinajstić information content (AvgIpc) is 2.59. The Morgan fingerprint density at radius 1 is 1.56 bits per heavy atom. The minimum Gasteiger partial charge on any atom is -0.388 e. The summed E-state index contributed by atoms with van der Waals surface area (Å²) in [7, 11) is 0. The number of aromatic nitrogens is 1. The van der Waals surface area contributed by atoms with Crippen LogP contribution in [0.5, 0.6) is 0 Å². The molecule has 2 rings (SSSR count). The molecule has 4 nitrogen and oxygen atoms in total. The van der Waals surface area contributed by atoms with Gasteiger partial charge in [-0.3, -0.25) is 0 Å². The van der Waals surface area contributed by atoms with Crippen molar-refractivity contribution in [1.82, 2.24) is 4.98 Å². The van der Waals surface area contributed by atoms with Crippen LogP contribution in [0.4, 0.5) is 5.82 Å². The molecule has 1 unspecified atom stereocenters. The van der Waals surface area contributed by atoms with E-state index in [4.69, 9.17) is 5.26 Å². The van der Waals surface area contributed by atoms with Gasteiger partial charge in [0.1, 0.15) is 11.9 Å². The highest BCUT2D eigenvalue weighted by atomic mass is 16.3. The molecule has 0 radical (unpaired) electrons. The van der Waals surface area contributed by atoms with E-state index < -0.39 is 5.60 Å². The first kappa shape index (κ1) is 10.9. The van der Waals surface area contributed by atoms with E-state index in [-0.39, 0.29) is 0 Å². The smallest absolute Gasteiger partial charge is 0.146 e. The molecule has 0 saturated carbocycles. The largest absolute Gasteiger partial charge is 0.388 e. The maximum absolute atomic E-state index is 9.91. The van der Waals surface area contributed by atoms with Gasteiger partial charge in [0.25, 0.3) is 0 Å². The Morgan fingerprint density at radius 3 is 2.88 bits per heavy atom. The number of hydrogen-bond donors (Lipinski definition) is 1. The molecule has 84 valence electrons. The van der Waals surface area contributed by atoms with Crippen LogP contribution in [0.15, 0.2) is 12.1 Å². The monoisotopic (exact) mass is 217 g/mol. The van der Waals surface area contributed by atoms with Gasteiger partial charge in [-0.25, -0.2) is 4.98 Å². The molecule has 2 heterocycles. The number of aliphatic hydroxyl groups is 1. The maximum atomic E-state index is 9.91. The molecule has 0 spiro atoms. The molecular formula is C12H15N3O. The summed E-state index contributed by atoms with van der Waals surface area (Å²) in [6.07, 6.45) is 0.716. The van der Waals surface area contributed by atoms with Crippen LogP contribution in [0.2, 0.25) is 0 Å². The van der Waals surface area contributed by atoms with Crippen LogP contribution in [-0.2, 0) is 0 Å². The number of nitrogens with zero attached hydrogens (tertiary/aromatic N) is 3. The third-order valence-corrected chi connectivity index (χ3v) is 2.89. The van der Waals surface area contributed by atoms with Crippen molar-refractivity contribution in [2.45, 2.75) is 25.9 Å². The molecule has 4 heteroatoms. The Kier molecular flexibility index (Phi) is 2.56. The molecule has 1 aromatic rings. The van der Waals surface area contributed by atoms with E-state index in [9.17, 15) is 5.11 Å². The molecule has 1 atom stereocenters. The van der Waals surface area contributed by atoms with E-state index in [0.29, 0.717) is 24.3 Å². The molecule has 1 aliphatic heterocycles. The second-order valence-corrected chi connectivity index (χ2v) is 4.60. The van der Waals surface area contributed by atoms with Crippen LogP contribution in [0.25, 0.3) is 0 Å². The van der Waals surface area contributed by atoms with E-state index in [2.05, 4.69) is 11.1 Å². The molecule has 0 bridgehead atoms. The number of pyridine rings is 1. The highest BCUT2D eigenvalue weighted by Gasteiger charge is 2.32. The number of rotatable bonds is 1. The Balaban J connectivity index is 2.34. The lowest BCUT2D eigenvalue weighted by Gasteiger charge is -2.20. The SMILES string of the molecule is Cc1ccc(C#N)c(N2CCC(C)(O)C2)n1. The predicted octanol–water partition coefficient (Wildman–Crippen LogP) is 1.22. The van der Waals surface area contributed by atoms with Crippen LogP contribution < -0.4 is 4.90 Å². The molecule has 1 fully saturated rings. The van der Waals surface area contributed by atoms with Gasteiger partial charge in [0, 0.05) is 18.8 Å². The number of nitriles is 1. The van der Waals surface area contributed by atoms with Gasteiger partial charge in [0.15, 0.2) is 0 Å². The Hall–Kier alpha value is -1.60. The number of β-amino-alcohol motifs (C(OH)–C–C–N with tert-alkyl or cyclic N) is 1. The third-order valence-electron chi connectivity index (χ3n) is 2.89. The van der Waals surface area contributed by atoms with Gasteiger partial charge in [-0.15, -0.1) is 0 Å². The number of aryl methyl sites for hydroxylation is 1. The standard InChI is InChI=1S/C12H15N3O/c1-9-3-4-10(7-13)11(14-9)15-6-5-12(2,16)8-15/h3-4,16H,5-6,8H2,1-2H3.